The number of hydrogen-bond acceptors (Lipinski definition) is 6. The molecule has 0 saturated carbocycles. The van der Waals surface area contributed by atoms with Gasteiger partial charge in [0.05, 0.1) is 10.6 Å². The van der Waals surface area contributed by atoms with Crippen LogP contribution in [0, 0.1) is 0 Å². The van der Waals surface area contributed by atoms with Crippen molar-refractivity contribution in [2.75, 3.05) is 16.2 Å². The molecule has 1 N–H and O–H groups in total. The van der Waals surface area contributed by atoms with Gasteiger partial charge in [-0.25, -0.2) is 8.42 Å². The quantitative estimate of drug-likeness (QED) is 0.529. The molecule has 0 radical (unpaired) electrons. The van der Waals surface area contributed by atoms with Crippen molar-refractivity contribution in [1.29, 1.82) is 0 Å². The van der Waals surface area contributed by atoms with Gasteiger partial charge in [0.15, 0.2) is 5.65 Å². The summed E-state index contributed by atoms with van der Waals surface area (Å²) < 4.78 is 29.9. The summed E-state index contributed by atoms with van der Waals surface area (Å²) in [6, 6.07) is 15.5. The Labute approximate surface area is 178 Å². The minimum absolute atomic E-state index is 0.0505. The van der Waals surface area contributed by atoms with Gasteiger partial charge in [-0.2, -0.15) is 9.61 Å². The van der Waals surface area contributed by atoms with Crippen LogP contribution >= 0.6 is 0 Å². The van der Waals surface area contributed by atoms with Gasteiger partial charge < -0.3 is 4.90 Å². The molecule has 0 unspecified atom stereocenters. The molecule has 4 aromatic rings. The lowest BCUT2D eigenvalue weighted by Gasteiger charge is -2.15. The van der Waals surface area contributed by atoms with Crippen LogP contribution in [0.3, 0.4) is 0 Å². The molecule has 9 nitrogen and oxygen atoms in total. The second kappa shape index (κ2) is 7.17. The number of hydrogen-bond donors (Lipinski definition) is 1. The number of anilines is 2. The molecule has 0 saturated heterocycles. The molecule has 3 heterocycles. The molecule has 1 aliphatic heterocycles. The Morgan fingerprint density at radius 3 is 2.65 bits per heavy atom. The van der Waals surface area contributed by atoms with Gasteiger partial charge in [-0.05, 0) is 54.4 Å². The van der Waals surface area contributed by atoms with Crippen LogP contribution in [0.15, 0.2) is 65.8 Å². The highest BCUT2D eigenvalue weighted by Crippen LogP contribution is 2.31. The predicted octanol–water partition coefficient (Wildman–Crippen LogP) is 2.50. The first-order chi connectivity index (χ1) is 14.9. The lowest BCUT2D eigenvalue weighted by molar-refractivity contribution is -0.116. The summed E-state index contributed by atoms with van der Waals surface area (Å²) in [4.78, 5) is 13.5. The maximum atomic E-state index is 12.9. The standard InChI is InChI=1S/C21H18N6O3S/c1-14(28)26-11-10-16-12-18(6-8-20(16)26)31(29,30)25-17-4-2-15(3-5-17)19-7-9-21-23-22-13-27(21)24-19/h2-9,12-13,25H,10-11H2,1H3. The zero-order chi connectivity index (χ0) is 21.6. The monoisotopic (exact) mass is 434 g/mol. The topological polar surface area (TPSA) is 110 Å². The lowest BCUT2D eigenvalue weighted by atomic mass is 10.1. The highest BCUT2D eigenvalue weighted by atomic mass is 32.2. The van der Waals surface area contributed by atoms with E-state index in [1.807, 2.05) is 12.1 Å². The normalized spacial score (nSPS) is 13.4. The van der Waals surface area contributed by atoms with Crippen molar-refractivity contribution in [1.82, 2.24) is 19.8 Å². The van der Waals surface area contributed by atoms with E-state index in [2.05, 4.69) is 20.0 Å². The van der Waals surface area contributed by atoms with E-state index in [1.165, 1.54) is 19.3 Å². The number of aromatic nitrogens is 4. The van der Waals surface area contributed by atoms with Gasteiger partial charge >= 0.3 is 0 Å². The summed E-state index contributed by atoms with van der Waals surface area (Å²) in [5.74, 6) is -0.0505. The first-order valence-electron chi connectivity index (χ1n) is 9.62. The molecule has 2 aromatic heterocycles. The predicted molar refractivity (Wildman–Crippen MR) is 115 cm³/mol. The average molecular weight is 434 g/mol. The van der Waals surface area contributed by atoms with Gasteiger partial charge in [0, 0.05) is 30.4 Å². The molecule has 10 heteroatoms. The van der Waals surface area contributed by atoms with Crippen molar-refractivity contribution in [3.05, 3.63) is 66.5 Å². The van der Waals surface area contributed by atoms with Gasteiger partial charge in [-0.3, -0.25) is 9.52 Å². The van der Waals surface area contributed by atoms with Crippen LogP contribution in [0.4, 0.5) is 11.4 Å². The maximum absolute atomic E-state index is 12.9. The summed E-state index contributed by atoms with van der Waals surface area (Å²) >= 11 is 0. The fourth-order valence-corrected chi connectivity index (χ4v) is 4.79. The van der Waals surface area contributed by atoms with E-state index in [4.69, 9.17) is 0 Å². The molecule has 31 heavy (non-hydrogen) atoms. The number of nitrogens with zero attached hydrogens (tertiary/aromatic N) is 5. The molecular weight excluding hydrogens is 416 g/mol. The Kier molecular flexibility index (Phi) is 4.44. The number of fused-ring (bicyclic) bond motifs is 2. The van der Waals surface area contributed by atoms with Crippen molar-refractivity contribution >= 4 is 33.0 Å². The van der Waals surface area contributed by atoms with Crippen LogP contribution in [0.5, 0.6) is 0 Å². The second-order valence-corrected chi connectivity index (χ2v) is 8.93. The highest BCUT2D eigenvalue weighted by Gasteiger charge is 2.24. The third kappa shape index (κ3) is 3.50. The number of amides is 1. The molecule has 5 rings (SSSR count). The molecule has 0 bridgehead atoms. The third-order valence-electron chi connectivity index (χ3n) is 5.23. The average Bonchev–Trinajstić information content (AvgIpc) is 3.40. The minimum Gasteiger partial charge on any atom is -0.312 e. The largest absolute Gasteiger partial charge is 0.312 e. The molecule has 0 atom stereocenters. The van der Waals surface area contributed by atoms with Crippen molar-refractivity contribution < 1.29 is 13.2 Å². The Morgan fingerprint density at radius 2 is 1.87 bits per heavy atom. The van der Waals surface area contributed by atoms with Crippen molar-refractivity contribution in [3.8, 4) is 11.3 Å². The van der Waals surface area contributed by atoms with E-state index < -0.39 is 10.0 Å². The number of benzene rings is 2. The van der Waals surface area contributed by atoms with Crippen molar-refractivity contribution in [2.24, 2.45) is 0 Å². The smallest absolute Gasteiger partial charge is 0.261 e. The summed E-state index contributed by atoms with van der Waals surface area (Å²) in [6.45, 7) is 2.07. The number of nitrogens with one attached hydrogen (secondary N) is 1. The van der Waals surface area contributed by atoms with E-state index >= 15 is 0 Å². The van der Waals surface area contributed by atoms with Crippen molar-refractivity contribution in [2.45, 2.75) is 18.2 Å². The summed E-state index contributed by atoms with van der Waals surface area (Å²) in [5.41, 5.74) is 4.27. The van der Waals surface area contributed by atoms with Crippen LogP contribution < -0.4 is 9.62 Å². The van der Waals surface area contributed by atoms with Crippen LogP contribution in [-0.2, 0) is 21.2 Å². The number of rotatable bonds is 4. The number of sulfonamides is 1. The maximum Gasteiger partial charge on any atom is 0.261 e. The summed E-state index contributed by atoms with van der Waals surface area (Å²) in [7, 11) is -3.76. The lowest BCUT2D eigenvalue weighted by Crippen LogP contribution is -2.25. The van der Waals surface area contributed by atoms with E-state index in [0.717, 1.165) is 22.5 Å². The molecule has 1 amide bonds. The highest BCUT2D eigenvalue weighted by molar-refractivity contribution is 7.92. The number of carbonyl (C=O) groups is 1. The van der Waals surface area contributed by atoms with Crippen LogP contribution in [0.25, 0.3) is 16.9 Å². The minimum atomic E-state index is -3.76. The molecule has 0 aliphatic carbocycles. The van der Waals surface area contributed by atoms with E-state index in [9.17, 15) is 13.2 Å². The van der Waals surface area contributed by atoms with Crippen molar-refractivity contribution in [3.63, 3.8) is 0 Å². The molecule has 2 aromatic carbocycles. The molecule has 1 aliphatic rings. The first kappa shape index (κ1) is 19.2. The van der Waals surface area contributed by atoms with Gasteiger partial charge in [0.2, 0.25) is 5.91 Å². The second-order valence-electron chi connectivity index (χ2n) is 7.25. The fraction of sp³-hybridized carbons (Fsp3) is 0.143. The van der Waals surface area contributed by atoms with Crippen LogP contribution in [0.1, 0.15) is 12.5 Å². The van der Waals surface area contributed by atoms with Crippen LogP contribution in [0.2, 0.25) is 0 Å². The summed E-state index contributed by atoms with van der Waals surface area (Å²) in [5, 5.41) is 12.2. The zero-order valence-electron chi connectivity index (χ0n) is 16.6. The SMILES string of the molecule is CC(=O)N1CCc2cc(S(=O)(=O)Nc3ccc(-c4ccc5nncn5n4)cc3)ccc21. The third-order valence-corrected chi connectivity index (χ3v) is 6.61. The Hall–Kier alpha value is -3.79. The fourth-order valence-electron chi connectivity index (χ4n) is 3.68. The van der Waals surface area contributed by atoms with Gasteiger partial charge in [0.1, 0.15) is 6.33 Å². The van der Waals surface area contributed by atoms with Crippen LogP contribution in [-0.4, -0.2) is 40.7 Å². The molecule has 156 valence electrons. The van der Waals surface area contributed by atoms with E-state index in [-0.39, 0.29) is 10.8 Å². The number of carbonyl (C=O) groups excluding carboxylic acids is 1. The Balaban J connectivity index is 1.37. The summed E-state index contributed by atoms with van der Waals surface area (Å²) in [6.07, 6.45) is 2.16. The van der Waals surface area contributed by atoms with E-state index in [0.29, 0.717) is 24.3 Å². The van der Waals surface area contributed by atoms with E-state index in [1.54, 1.807) is 45.8 Å². The Bertz CT molecular complexity index is 1410. The van der Waals surface area contributed by atoms with Gasteiger partial charge in [-0.15, -0.1) is 10.2 Å². The molecule has 0 spiro atoms. The van der Waals surface area contributed by atoms with Gasteiger partial charge in [-0.1, -0.05) is 12.1 Å². The molecule has 0 fully saturated rings. The Morgan fingerprint density at radius 1 is 1.06 bits per heavy atom. The first-order valence-corrected chi connectivity index (χ1v) is 11.1. The zero-order valence-corrected chi connectivity index (χ0v) is 17.4. The van der Waals surface area contributed by atoms with Gasteiger partial charge in [0.25, 0.3) is 10.0 Å². The molecular formula is C21H18N6O3S.